The first-order valence-corrected chi connectivity index (χ1v) is 7.96. The number of carbonyl (C=O) groups is 1. The predicted octanol–water partition coefficient (Wildman–Crippen LogP) is 1.72. The van der Waals surface area contributed by atoms with Crippen LogP contribution in [0.4, 0.5) is 5.82 Å². The van der Waals surface area contributed by atoms with Crippen molar-refractivity contribution in [1.82, 2.24) is 15.2 Å². The standard InChI is InChI=1S/C15H21ClN4O/c16-10-8-12(15(17)19-9-10)14(21)13-2-1-7-20(13)11-3-5-18-6-4-11/h8-9,11,13,18H,1-7H2,(H2,17,19). The van der Waals surface area contributed by atoms with Crippen molar-refractivity contribution in [3.05, 3.63) is 22.8 Å². The number of Topliss-reactive ketones (excluding diaryl/α,β-unsaturated/α-hetero) is 1. The molecule has 0 aromatic carbocycles. The molecule has 0 bridgehead atoms. The SMILES string of the molecule is Nc1ncc(Cl)cc1C(=O)C1CCCN1C1CCNCC1. The maximum absolute atomic E-state index is 12.8. The molecule has 2 aliphatic rings. The Morgan fingerprint density at radius 3 is 2.90 bits per heavy atom. The number of nitrogens with one attached hydrogen (secondary N) is 1. The number of aromatic nitrogens is 1. The number of nitrogen functional groups attached to an aromatic ring is 1. The van der Waals surface area contributed by atoms with Crippen LogP contribution in [0.2, 0.25) is 5.02 Å². The van der Waals surface area contributed by atoms with Gasteiger partial charge in [-0.05, 0) is 51.4 Å². The number of piperidine rings is 1. The molecule has 3 N–H and O–H groups in total. The third kappa shape index (κ3) is 3.05. The zero-order valence-corrected chi connectivity index (χ0v) is 12.8. The summed E-state index contributed by atoms with van der Waals surface area (Å²) in [5.41, 5.74) is 6.33. The van der Waals surface area contributed by atoms with Crippen molar-refractivity contribution >= 4 is 23.2 Å². The normalized spacial score (nSPS) is 24.3. The molecule has 0 spiro atoms. The molecular formula is C15H21ClN4O. The average molecular weight is 309 g/mol. The summed E-state index contributed by atoms with van der Waals surface area (Å²) >= 11 is 5.96. The van der Waals surface area contributed by atoms with E-state index in [1.807, 2.05) is 0 Å². The first-order valence-electron chi connectivity index (χ1n) is 7.58. The van der Waals surface area contributed by atoms with Crippen LogP contribution in [0.15, 0.2) is 12.3 Å². The second kappa shape index (κ2) is 6.30. The Bertz CT molecular complexity index is 530. The molecule has 3 rings (SSSR count). The van der Waals surface area contributed by atoms with E-state index >= 15 is 0 Å². The van der Waals surface area contributed by atoms with Crippen LogP contribution >= 0.6 is 11.6 Å². The van der Waals surface area contributed by atoms with Crippen LogP contribution in [-0.2, 0) is 0 Å². The summed E-state index contributed by atoms with van der Waals surface area (Å²) in [6.07, 6.45) is 5.65. The fourth-order valence-electron chi connectivity index (χ4n) is 3.47. The van der Waals surface area contributed by atoms with E-state index in [2.05, 4.69) is 15.2 Å². The van der Waals surface area contributed by atoms with Gasteiger partial charge in [-0.1, -0.05) is 11.6 Å². The van der Waals surface area contributed by atoms with Crippen LogP contribution in [0, 0.1) is 0 Å². The number of nitrogens with zero attached hydrogens (tertiary/aromatic N) is 2. The molecule has 1 aromatic heterocycles. The molecular weight excluding hydrogens is 288 g/mol. The van der Waals surface area contributed by atoms with Gasteiger partial charge in [-0.2, -0.15) is 0 Å². The number of ketones is 1. The summed E-state index contributed by atoms with van der Waals surface area (Å²) in [6.45, 7) is 3.06. The maximum Gasteiger partial charge on any atom is 0.183 e. The lowest BCUT2D eigenvalue weighted by Gasteiger charge is -2.35. The number of carbonyl (C=O) groups excluding carboxylic acids is 1. The summed E-state index contributed by atoms with van der Waals surface area (Å²) in [4.78, 5) is 19.2. The molecule has 2 aliphatic heterocycles. The van der Waals surface area contributed by atoms with E-state index < -0.39 is 0 Å². The number of rotatable bonds is 3. The third-order valence-electron chi connectivity index (χ3n) is 4.53. The summed E-state index contributed by atoms with van der Waals surface area (Å²) in [5.74, 6) is 0.347. The number of nitrogens with two attached hydrogens (primary N) is 1. The summed E-state index contributed by atoms with van der Waals surface area (Å²) in [5, 5.41) is 3.83. The van der Waals surface area contributed by atoms with Gasteiger partial charge in [0.15, 0.2) is 5.78 Å². The highest BCUT2D eigenvalue weighted by Gasteiger charge is 2.36. The second-order valence-corrected chi connectivity index (χ2v) is 6.26. The van der Waals surface area contributed by atoms with Crippen LogP contribution in [0.3, 0.4) is 0 Å². The minimum absolute atomic E-state index is 0.0681. The van der Waals surface area contributed by atoms with Crippen molar-refractivity contribution in [3.8, 4) is 0 Å². The van der Waals surface area contributed by atoms with Gasteiger partial charge in [0.05, 0.1) is 16.6 Å². The smallest absolute Gasteiger partial charge is 0.183 e. The maximum atomic E-state index is 12.8. The molecule has 1 unspecified atom stereocenters. The van der Waals surface area contributed by atoms with Crippen molar-refractivity contribution in [2.75, 3.05) is 25.4 Å². The first kappa shape index (κ1) is 14.8. The first-order chi connectivity index (χ1) is 10.2. The molecule has 21 heavy (non-hydrogen) atoms. The molecule has 0 amide bonds. The molecule has 2 saturated heterocycles. The van der Waals surface area contributed by atoms with Crippen LogP contribution in [-0.4, -0.2) is 47.4 Å². The number of anilines is 1. The highest BCUT2D eigenvalue weighted by Crippen LogP contribution is 2.28. The lowest BCUT2D eigenvalue weighted by Crippen LogP contribution is -2.48. The number of hydrogen-bond acceptors (Lipinski definition) is 5. The molecule has 0 aliphatic carbocycles. The van der Waals surface area contributed by atoms with Crippen molar-refractivity contribution < 1.29 is 4.79 Å². The van der Waals surface area contributed by atoms with E-state index in [1.54, 1.807) is 6.07 Å². The van der Waals surface area contributed by atoms with E-state index in [4.69, 9.17) is 17.3 Å². The van der Waals surface area contributed by atoms with Crippen LogP contribution in [0.1, 0.15) is 36.0 Å². The number of hydrogen-bond donors (Lipinski definition) is 2. The third-order valence-corrected chi connectivity index (χ3v) is 4.73. The molecule has 0 radical (unpaired) electrons. The molecule has 5 nitrogen and oxygen atoms in total. The monoisotopic (exact) mass is 308 g/mol. The number of pyridine rings is 1. The highest BCUT2D eigenvalue weighted by molar-refractivity contribution is 6.31. The lowest BCUT2D eigenvalue weighted by molar-refractivity contribution is 0.0784. The summed E-state index contributed by atoms with van der Waals surface area (Å²) < 4.78 is 0. The second-order valence-electron chi connectivity index (χ2n) is 5.83. The Labute approximate surface area is 129 Å². The summed E-state index contributed by atoms with van der Waals surface area (Å²) in [6, 6.07) is 2.07. The molecule has 1 aromatic rings. The van der Waals surface area contributed by atoms with Crippen molar-refractivity contribution in [1.29, 1.82) is 0 Å². The van der Waals surface area contributed by atoms with E-state index in [1.165, 1.54) is 6.20 Å². The van der Waals surface area contributed by atoms with Gasteiger partial charge in [0.2, 0.25) is 0 Å². The van der Waals surface area contributed by atoms with Gasteiger partial charge in [-0.3, -0.25) is 9.69 Å². The van der Waals surface area contributed by atoms with Gasteiger partial charge in [0.1, 0.15) is 5.82 Å². The minimum Gasteiger partial charge on any atom is -0.383 e. The van der Waals surface area contributed by atoms with E-state index in [-0.39, 0.29) is 17.6 Å². The Balaban J connectivity index is 1.80. The number of halogens is 1. The molecule has 6 heteroatoms. The average Bonchev–Trinajstić information content (AvgIpc) is 2.99. The minimum atomic E-state index is -0.0735. The highest BCUT2D eigenvalue weighted by atomic mass is 35.5. The zero-order valence-electron chi connectivity index (χ0n) is 12.0. The molecule has 1 atom stereocenters. The fourth-order valence-corrected chi connectivity index (χ4v) is 3.63. The fraction of sp³-hybridized carbons (Fsp3) is 0.600. The van der Waals surface area contributed by atoms with Crippen molar-refractivity contribution in [2.45, 2.75) is 37.8 Å². The van der Waals surface area contributed by atoms with Gasteiger partial charge in [0.25, 0.3) is 0 Å². The van der Waals surface area contributed by atoms with Crippen LogP contribution in [0.25, 0.3) is 0 Å². The Kier molecular flexibility index (Phi) is 4.42. The predicted molar refractivity (Wildman–Crippen MR) is 83.6 cm³/mol. The summed E-state index contributed by atoms with van der Waals surface area (Å²) in [7, 11) is 0. The van der Waals surface area contributed by atoms with E-state index in [9.17, 15) is 4.79 Å². The zero-order chi connectivity index (χ0) is 14.8. The van der Waals surface area contributed by atoms with Gasteiger partial charge < -0.3 is 11.1 Å². The molecule has 0 saturated carbocycles. The Hall–Kier alpha value is -1.17. The van der Waals surface area contributed by atoms with Gasteiger partial charge in [0, 0.05) is 12.2 Å². The largest absolute Gasteiger partial charge is 0.383 e. The van der Waals surface area contributed by atoms with Gasteiger partial charge >= 0.3 is 0 Å². The lowest BCUT2D eigenvalue weighted by atomic mass is 9.99. The molecule has 2 fully saturated rings. The topological polar surface area (TPSA) is 71.2 Å². The number of likely N-dealkylation sites (tertiary alicyclic amines) is 1. The quantitative estimate of drug-likeness (QED) is 0.832. The van der Waals surface area contributed by atoms with Gasteiger partial charge in [-0.15, -0.1) is 0 Å². The van der Waals surface area contributed by atoms with Gasteiger partial charge in [-0.25, -0.2) is 4.98 Å². The molecule has 3 heterocycles. The van der Waals surface area contributed by atoms with E-state index in [0.717, 1.165) is 45.3 Å². The van der Waals surface area contributed by atoms with Crippen LogP contribution < -0.4 is 11.1 Å². The van der Waals surface area contributed by atoms with Crippen molar-refractivity contribution in [2.24, 2.45) is 0 Å². The Morgan fingerprint density at radius 2 is 2.14 bits per heavy atom. The van der Waals surface area contributed by atoms with E-state index in [0.29, 0.717) is 16.6 Å². The Morgan fingerprint density at radius 1 is 1.38 bits per heavy atom. The molecule has 114 valence electrons. The van der Waals surface area contributed by atoms with Crippen molar-refractivity contribution in [3.63, 3.8) is 0 Å². The van der Waals surface area contributed by atoms with Crippen LogP contribution in [0.5, 0.6) is 0 Å².